The number of aryl methyl sites for hydroxylation is 1. The Morgan fingerprint density at radius 1 is 1.14 bits per heavy atom. The van der Waals surface area contributed by atoms with Crippen LogP contribution in [0, 0.1) is 18.6 Å². The lowest BCUT2D eigenvalue weighted by atomic mass is 10.0. The van der Waals surface area contributed by atoms with Crippen molar-refractivity contribution in [3.8, 4) is 5.75 Å². The highest BCUT2D eigenvalue weighted by Crippen LogP contribution is 2.32. The van der Waals surface area contributed by atoms with E-state index < -0.39 is 23.0 Å². The van der Waals surface area contributed by atoms with Gasteiger partial charge in [0.25, 0.3) is 11.8 Å². The standard InChI is InChI=1S/C28H27F2N3O4/c1-17-11-19(29)12-23(30)21(17)13-31-27(35)22-15-33-20-9-5-6-10-32(14-20)28(36)24(33)26(25(22)34)37-16-18-7-3-2-4-8-18/h2-4,7-8,11-12,15,20H,5-6,9-10,13-14,16H2,1H3,(H,31,35). The Labute approximate surface area is 212 Å². The lowest BCUT2D eigenvalue weighted by molar-refractivity contribution is 0.0673. The third-order valence-electron chi connectivity index (χ3n) is 7.00. The van der Waals surface area contributed by atoms with E-state index in [1.807, 2.05) is 30.3 Å². The summed E-state index contributed by atoms with van der Waals surface area (Å²) in [7, 11) is 0. The van der Waals surface area contributed by atoms with Crippen molar-refractivity contribution in [1.82, 2.24) is 14.8 Å². The molecule has 7 nitrogen and oxygen atoms in total. The highest BCUT2D eigenvalue weighted by atomic mass is 19.1. The van der Waals surface area contributed by atoms with Gasteiger partial charge in [-0.05, 0) is 43.4 Å². The third kappa shape index (κ3) is 4.85. The second-order valence-electron chi connectivity index (χ2n) is 9.50. The molecule has 1 N–H and O–H groups in total. The zero-order chi connectivity index (χ0) is 26.1. The number of nitrogens with one attached hydrogen (secondary N) is 1. The summed E-state index contributed by atoms with van der Waals surface area (Å²) in [6.07, 6.45) is 3.97. The molecule has 0 saturated carbocycles. The van der Waals surface area contributed by atoms with E-state index in [-0.39, 0.29) is 47.7 Å². The smallest absolute Gasteiger partial charge is 0.274 e. The minimum absolute atomic E-state index is 0.0477. The van der Waals surface area contributed by atoms with Gasteiger partial charge in [-0.1, -0.05) is 30.3 Å². The molecule has 0 radical (unpaired) electrons. The maximum atomic E-state index is 14.3. The average molecular weight is 508 g/mol. The van der Waals surface area contributed by atoms with Crippen LogP contribution in [0.3, 0.4) is 0 Å². The number of halogens is 2. The molecule has 2 aliphatic rings. The van der Waals surface area contributed by atoms with Gasteiger partial charge in [0.15, 0.2) is 11.4 Å². The summed E-state index contributed by atoms with van der Waals surface area (Å²) in [5.74, 6) is -2.68. The molecule has 1 atom stereocenters. The van der Waals surface area contributed by atoms with Gasteiger partial charge in [-0.3, -0.25) is 14.4 Å². The van der Waals surface area contributed by atoms with E-state index in [2.05, 4.69) is 5.32 Å². The Balaban J connectivity index is 1.52. The molecular formula is C28H27F2N3O4. The number of carbonyl (C=O) groups excluding carboxylic acids is 2. The van der Waals surface area contributed by atoms with Gasteiger partial charge in [0.2, 0.25) is 5.43 Å². The predicted octanol–water partition coefficient (Wildman–Crippen LogP) is 4.12. The summed E-state index contributed by atoms with van der Waals surface area (Å²) in [6.45, 7) is 2.46. The number of aromatic nitrogens is 1. The molecule has 1 aromatic heterocycles. The predicted molar refractivity (Wildman–Crippen MR) is 133 cm³/mol. The van der Waals surface area contributed by atoms with Crippen LogP contribution in [0.15, 0.2) is 53.5 Å². The fraction of sp³-hybridized carbons (Fsp3) is 0.321. The Morgan fingerprint density at radius 2 is 1.92 bits per heavy atom. The lowest BCUT2D eigenvalue weighted by Crippen LogP contribution is -2.44. The molecular weight excluding hydrogens is 480 g/mol. The first-order valence-corrected chi connectivity index (χ1v) is 12.3. The molecule has 0 aliphatic carbocycles. The van der Waals surface area contributed by atoms with Crippen LogP contribution in [0.5, 0.6) is 5.75 Å². The maximum absolute atomic E-state index is 14.3. The first kappa shape index (κ1) is 24.7. The van der Waals surface area contributed by atoms with Gasteiger partial charge in [0.05, 0.1) is 6.04 Å². The second kappa shape index (κ2) is 10.2. The molecule has 5 rings (SSSR count). The second-order valence-corrected chi connectivity index (χ2v) is 9.50. The van der Waals surface area contributed by atoms with Crippen molar-refractivity contribution in [1.29, 1.82) is 0 Å². The van der Waals surface area contributed by atoms with Crippen molar-refractivity contribution < 1.29 is 23.1 Å². The van der Waals surface area contributed by atoms with Crippen molar-refractivity contribution >= 4 is 11.8 Å². The maximum Gasteiger partial charge on any atom is 0.274 e. The van der Waals surface area contributed by atoms with Gasteiger partial charge in [0, 0.05) is 37.5 Å². The van der Waals surface area contributed by atoms with Gasteiger partial charge in [0.1, 0.15) is 23.8 Å². The largest absolute Gasteiger partial charge is 0.483 e. The molecule has 2 amide bonds. The SMILES string of the molecule is Cc1cc(F)cc(F)c1CNC(=O)c1cn2c(c(OCc3ccccc3)c1=O)C(=O)N1CCCCC2C1. The first-order valence-electron chi connectivity index (χ1n) is 12.3. The molecule has 37 heavy (non-hydrogen) atoms. The van der Waals surface area contributed by atoms with E-state index in [1.165, 1.54) is 12.3 Å². The molecule has 1 fully saturated rings. The zero-order valence-electron chi connectivity index (χ0n) is 20.4. The summed E-state index contributed by atoms with van der Waals surface area (Å²) < 4.78 is 35.4. The minimum Gasteiger partial charge on any atom is -0.483 e. The molecule has 3 aromatic rings. The van der Waals surface area contributed by atoms with Crippen molar-refractivity contribution in [3.63, 3.8) is 0 Å². The van der Waals surface area contributed by atoms with Crippen LogP contribution in [0.4, 0.5) is 8.78 Å². The van der Waals surface area contributed by atoms with E-state index >= 15 is 0 Å². The summed E-state index contributed by atoms with van der Waals surface area (Å²) in [5, 5.41) is 2.58. The van der Waals surface area contributed by atoms with E-state index in [0.717, 1.165) is 30.9 Å². The molecule has 9 heteroatoms. The van der Waals surface area contributed by atoms with Crippen LogP contribution >= 0.6 is 0 Å². The van der Waals surface area contributed by atoms with Crippen LogP contribution in [-0.4, -0.2) is 34.4 Å². The normalized spacial score (nSPS) is 16.7. The fourth-order valence-electron chi connectivity index (χ4n) is 5.03. The topological polar surface area (TPSA) is 80.6 Å². The van der Waals surface area contributed by atoms with Crippen molar-refractivity contribution in [2.45, 2.75) is 45.4 Å². The molecule has 2 bridgehead atoms. The number of amides is 2. The van der Waals surface area contributed by atoms with Gasteiger partial charge in [-0.15, -0.1) is 0 Å². The zero-order valence-corrected chi connectivity index (χ0v) is 20.4. The number of fused-ring (bicyclic) bond motifs is 4. The van der Waals surface area contributed by atoms with Gasteiger partial charge in [-0.2, -0.15) is 0 Å². The van der Waals surface area contributed by atoms with Crippen LogP contribution < -0.4 is 15.5 Å². The van der Waals surface area contributed by atoms with E-state index in [1.54, 1.807) is 16.4 Å². The Kier molecular flexibility index (Phi) is 6.78. The minimum atomic E-state index is -0.781. The number of ether oxygens (including phenoxy) is 1. The number of hydrogen-bond donors (Lipinski definition) is 1. The fourth-order valence-corrected chi connectivity index (χ4v) is 5.03. The van der Waals surface area contributed by atoms with Crippen molar-refractivity contribution in [3.05, 3.63) is 98.5 Å². The lowest BCUT2D eigenvalue weighted by Gasteiger charge is -2.35. The van der Waals surface area contributed by atoms with E-state index in [4.69, 9.17) is 4.74 Å². The molecule has 2 aliphatic heterocycles. The molecule has 2 aromatic carbocycles. The molecule has 0 spiro atoms. The van der Waals surface area contributed by atoms with Crippen molar-refractivity contribution in [2.24, 2.45) is 0 Å². The monoisotopic (exact) mass is 507 g/mol. The Hall–Kier alpha value is -4.01. The third-order valence-corrected chi connectivity index (χ3v) is 7.00. The number of hydrogen-bond acceptors (Lipinski definition) is 4. The summed E-state index contributed by atoms with van der Waals surface area (Å²) in [6, 6.07) is 11.0. The van der Waals surface area contributed by atoms with Crippen LogP contribution in [0.1, 0.15) is 62.8 Å². The summed E-state index contributed by atoms with van der Waals surface area (Å²) in [5.41, 5.74) is 0.524. The van der Waals surface area contributed by atoms with E-state index in [0.29, 0.717) is 18.7 Å². The number of benzene rings is 2. The Morgan fingerprint density at radius 3 is 2.68 bits per heavy atom. The Bertz CT molecular complexity index is 1400. The molecule has 1 saturated heterocycles. The number of carbonyl (C=O) groups is 2. The van der Waals surface area contributed by atoms with Gasteiger partial charge in [-0.25, -0.2) is 8.78 Å². The summed E-state index contributed by atoms with van der Waals surface area (Å²) in [4.78, 5) is 41.9. The quantitative estimate of drug-likeness (QED) is 0.544. The van der Waals surface area contributed by atoms with Crippen LogP contribution in [0.2, 0.25) is 0 Å². The average Bonchev–Trinajstić information content (AvgIpc) is 3.10. The van der Waals surface area contributed by atoms with Gasteiger partial charge >= 0.3 is 0 Å². The number of rotatable bonds is 6. The molecule has 192 valence electrons. The number of pyridine rings is 1. The van der Waals surface area contributed by atoms with E-state index in [9.17, 15) is 23.2 Å². The van der Waals surface area contributed by atoms with Crippen molar-refractivity contribution in [2.75, 3.05) is 13.1 Å². The molecule has 1 unspecified atom stereocenters. The van der Waals surface area contributed by atoms with Crippen LogP contribution in [0.25, 0.3) is 0 Å². The van der Waals surface area contributed by atoms with Gasteiger partial charge < -0.3 is 19.5 Å². The highest BCUT2D eigenvalue weighted by Gasteiger charge is 2.37. The molecule has 3 heterocycles. The van der Waals surface area contributed by atoms with Crippen LogP contribution in [-0.2, 0) is 13.2 Å². The first-order chi connectivity index (χ1) is 17.8. The highest BCUT2D eigenvalue weighted by molar-refractivity contribution is 5.99. The summed E-state index contributed by atoms with van der Waals surface area (Å²) >= 11 is 0. The number of nitrogens with zero attached hydrogens (tertiary/aromatic N) is 2.